The number of hydrogen-bond acceptors (Lipinski definition) is 4. The van der Waals surface area contributed by atoms with Gasteiger partial charge in [-0.3, -0.25) is 4.79 Å². The van der Waals surface area contributed by atoms with E-state index in [0.29, 0.717) is 5.75 Å². The van der Waals surface area contributed by atoms with E-state index in [1.54, 1.807) is 7.11 Å². The minimum Gasteiger partial charge on any atom is -0.494 e. The largest absolute Gasteiger partial charge is 0.494 e. The molecule has 0 bridgehead atoms. The number of hydrogen-bond donors (Lipinski definition) is 2. The molecular weight excluding hydrogens is 232 g/mol. The van der Waals surface area contributed by atoms with Crippen LogP contribution >= 0.6 is 0 Å². The van der Waals surface area contributed by atoms with Crippen molar-refractivity contribution in [3.8, 4) is 5.75 Å². The number of para-hydroxylation sites is 1. The number of carbonyl (C=O) groups is 1. The highest BCUT2D eigenvalue weighted by atomic mass is 16.5. The normalized spacial score (nSPS) is 10.3. The number of aryl methyl sites for hydroxylation is 1. The van der Waals surface area contributed by atoms with Crippen LogP contribution in [-0.4, -0.2) is 29.7 Å². The number of rotatable bonds is 4. The molecule has 0 unspecified atom stereocenters. The van der Waals surface area contributed by atoms with Crippen LogP contribution in [0.3, 0.4) is 0 Å². The van der Waals surface area contributed by atoms with Gasteiger partial charge < -0.3 is 15.2 Å². The summed E-state index contributed by atoms with van der Waals surface area (Å²) in [5.74, 6) is -0.227. The van der Waals surface area contributed by atoms with E-state index in [-0.39, 0.29) is 6.54 Å². The number of benzene rings is 1. The summed E-state index contributed by atoms with van der Waals surface area (Å²) in [4.78, 5) is 15.0. The molecule has 0 aliphatic rings. The van der Waals surface area contributed by atoms with Gasteiger partial charge in [0.15, 0.2) is 0 Å². The highest BCUT2D eigenvalue weighted by Crippen LogP contribution is 2.29. The van der Waals surface area contributed by atoms with E-state index >= 15 is 0 Å². The fourth-order valence-electron chi connectivity index (χ4n) is 1.83. The molecule has 1 heterocycles. The van der Waals surface area contributed by atoms with Crippen molar-refractivity contribution in [2.75, 3.05) is 19.0 Å². The Kier molecular flexibility index (Phi) is 3.32. The molecule has 2 rings (SSSR count). The lowest BCUT2D eigenvalue weighted by atomic mass is 10.1. The van der Waals surface area contributed by atoms with Gasteiger partial charge in [-0.05, 0) is 19.1 Å². The van der Waals surface area contributed by atoms with Crippen LogP contribution in [-0.2, 0) is 4.79 Å². The standard InChI is InChI=1S/C13H14N2O3/c1-8-6-10(14-7-12(16)17)9-4-3-5-11(18-2)13(9)15-8/h3-6H,7H2,1-2H3,(H,14,15)(H,16,17). The van der Waals surface area contributed by atoms with Crippen molar-refractivity contribution in [2.45, 2.75) is 6.92 Å². The molecule has 94 valence electrons. The molecule has 2 aromatic rings. The number of ether oxygens (including phenoxy) is 1. The molecular formula is C13H14N2O3. The molecule has 0 radical (unpaired) electrons. The zero-order chi connectivity index (χ0) is 13.1. The fraction of sp³-hybridized carbons (Fsp3) is 0.231. The van der Waals surface area contributed by atoms with Crippen LogP contribution in [0, 0.1) is 6.92 Å². The Bertz CT molecular complexity index is 596. The minimum atomic E-state index is -0.902. The maximum atomic E-state index is 10.6. The van der Waals surface area contributed by atoms with E-state index in [0.717, 1.165) is 22.3 Å². The number of carboxylic acids is 1. The van der Waals surface area contributed by atoms with Crippen LogP contribution in [0.5, 0.6) is 5.75 Å². The molecule has 0 spiro atoms. The molecule has 18 heavy (non-hydrogen) atoms. The van der Waals surface area contributed by atoms with Gasteiger partial charge in [0, 0.05) is 16.8 Å². The van der Waals surface area contributed by atoms with E-state index in [1.165, 1.54) is 0 Å². The van der Waals surface area contributed by atoms with E-state index in [9.17, 15) is 4.79 Å². The number of nitrogens with zero attached hydrogens (tertiary/aromatic N) is 1. The van der Waals surface area contributed by atoms with Crippen molar-refractivity contribution < 1.29 is 14.6 Å². The quantitative estimate of drug-likeness (QED) is 0.863. The lowest BCUT2D eigenvalue weighted by Gasteiger charge is -2.11. The lowest BCUT2D eigenvalue weighted by molar-refractivity contribution is -0.134. The van der Waals surface area contributed by atoms with Crippen LogP contribution in [0.2, 0.25) is 0 Å². The molecule has 0 aliphatic carbocycles. The molecule has 5 nitrogen and oxygen atoms in total. The monoisotopic (exact) mass is 246 g/mol. The van der Waals surface area contributed by atoms with Gasteiger partial charge in [-0.25, -0.2) is 4.98 Å². The van der Waals surface area contributed by atoms with E-state index < -0.39 is 5.97 Å². The number of pyridine rings is 1. The van der Waals surface area contributed by atoms with Crippen LogP contribution in [0.15, 0.2) is 24.3 Å². The number of carboxylic acid groups (broad SMARTS) is 1. The van der Waals surface area contributed by atoms with Crippen molar-refractivity contribution in [1.29, 1.82) is 0 Å². The summed E-state index contributed by atoms with van der Waals surface area (Å²) in [6.45, 7) is 1.73. The van der Waals surface area contributed by atoms with Crippen molar-refractivity contribution >= 4 is 22.6 Å². The minimum absolute atomic E-state index is 0.129. The number of fused-ring (bicyclic) bond motifs is 1. The van der Waals surface area contributed by atoms with E-state index in [2.05, 4.69) is 10.3 Å². The second-order valence-corrected chi connectivity index (χ2v) is 3.91. The Morgan fingerprint density at radius 2 is 2.28 bits per heavy atom. The van der Waals surface area contributed by atoms with Crippen molar-refractivity contribution in [2.24, 2.45) is 0 Å². The Labute approximate surface area is 104 Å². The van der Waals surface area contributed by atoms with Gasteiger partial charge in [-0.15, -0.1) is 0 Å². The first-order valence-electron chi connectivity index (χ1n) is 5.52. The van der Waals surface area contributed by atoms with E-state index in [1.807, 2.05) is 31.2 Å². The molecule has 1 aromatic heterocycles. The highest BCUT2D eigenvalue weighted by Gasteiger charge is 2.08. The Hall–Kier alpha value is -2.30. The predicted molar refractivity (Wildman–Crippen MR) is 69.2 cm³/mol. The first kappa shape index (κ1) is 12.2. The number of aliphatic carboxylic acids is 1. The molecule has 2 N–H and O–H groups in total. The van der Waals surface area contributed by atoms with Crippen molar-refractivity contribution in [3.63, 3.8) is 0 Å². The predicted octanol–water partition coefficient (Wildman–Crippen LogP) is 2.05. The van der Waals surface area contributed by atoms with Gasteiger partial charge in [-0.2, -0.15) is 0 Å². The highest BCUT2D eigenvalue weighted by molar-refractivity contribution is 5.95. The SMILES string of the molecule is COc1cccc2c(NCC(=O)O)cc(C)nc12. The van der Waals surface area contributed by atoms with Gasteiger partial charge in [-0.1, -0.05) is 12.1 Å². The van der Waals surface area contributed by atoms with E-state index in [4.69, 9.17) is 9.84 Å². The number of anilines is 1. The second kappa shape index (κ2) is 4.91. The van der Waals surface area contributed by atoms with Crippen LogP contribution in [0.1, 0.15) is 5.69 Å². The van der Waals surface area contributed by atoms with Crippen LogP contribution in [0.25, 0.3) is 10.9 Å². The smallest absolute Gasteiger partial charge is 0.322 e. The maximum Gasteiger partial charge on any atom is 0.322 e. The molecule has 0 amide bonds. The second-order valence-electron chi connectivity index (χ2n) is 3.91. The molecule has 1 aromatic carbocycles. The topological polar surface area (TPSA) is 71.5 Å². The molecule has 5 heteroatoms. The average Bonchev–Trinajstić information content (AvgIpc) is 2.35. The third-order valence-electron chi connectivity index (χ3n) is 2.58. The summed E-state index contributed by atoms with van der Waals surface area (Å²) in [7, 11) is 1.59. The van der Waals surface area contributed by atoms with Gasteiger partial charge >= 0.3 is 5.97 Å². The fourth-order valence-corrected chi connectivity index (χ4v) is 1.83. The first-order chi connectivity index (χ1) is 8.61. The molecule has 0 fully saturated rings. The zero-order valence-corrected chi connectivity index (χ0v) is 10.2. The Morgan fingerprint density at radius 3 is 2.94 bits per heavy atom. The Morgan fingerprint density at radius 1 is 1.50 bits per heavy atom. The molecule has 0 atom stereocenters. The summed E-state index contributed by atoms with van der Waals surface area (Å²) in [5, 5.41) is 12.4. The summed E-state index contributed by atoms with van der Waals surface area (Å²) in [6, 6.07) is 7.39. The number of nitrogens with one attached hydrogen (secondary N) is 1. The zero-order valence-electron chi connectivity index (χ0n) is 10.2. The lowest BCUT2D eigenvalue weighted by Crippen LogP contribution is -2.12. The van der Waals surface area contributed by atoms with Gasteiger partial charge in [0.1, 0.15) is 17.8 Å². The summed E-state index contributed by atoms with van der Waals surface area (Å²) in [5.41, 5.74) is 2.28. The number of aromatic nitrogens is 1. The molecule has 0 saturated heterocycles. The first-order valence-corrected chi connectivity index (χ1v) is 5.52. The molecule has 0 aliphatic heterocycles. The van der Waals surface area contributed by atoms with Crippen LogP contribution in [0.4, 0.5) is 5.69 Å². The van der Waals surface area contributed by atoms with Gasteiger partial charge in [0.05, 0.1) is 7.11 Å². The third-order valence-corrected chi connectivity index (χ3v) is 2.58. The summed E-state index contributed by atoms with van der Waals surface area (Å²) >= 11 is 0. The maximum absolute atomic E-state index is 10.6. The third kappa shape index (κ3) is 2.34. The summed E-state index contributed by atoms with van der Waals surface area (Å²) < 4.78 is 5.26. The average molecular weight is 246 g/mol. The summed E-state index contributed by atoms with van der Waals surface area (Å²) in [6.07, 6.45) is 0. The van der Waals surface area contributed by atoms with Gasteiger partial charge in [0.25, 0.3) is 0 Å². The molecule has 0 saturated carbocycles. The van der Waals surface area contributed by atoms with Gasteiger partial charge in [0.2, 0.25) is 0 Å². The number of methoxy groups -OCH3 is 1. The van der Waals surface area contributed by atoms with Crippen molar-refractivity contribution in [1.82, 2.24) is 4.98 Å². The van der Waals surface area contributed by atoms with Crippen molar-refractivity contribution in [3.05, 3.63) is 30.0 Å². The Balaban J connectivity index is 2.55. The van der Waals surface area contributed by atoms with Crippen LogP contribution < -0.4 is 10.1 Å².